The van der Waals surface area contributed by atoms with Gasteiger partial charge in [0.05, 0.1) is 0 Å². The zero-order valence-electron chi connectivity index (χ0n) is 13.9. The van der Waals surface area contributed by atoms with E-state index >= 15 is 0 Å². The lowest BCUT2D eigenvalue weighted by Crippen LogP contribution is -2.30. The van der Waals surface area contributed by atoms with Gasteiger partial charge in [-0.2, -0.15) is 0 Å². The van der Waals surface area contributed by atoms with Crippen molar-refractivity contribution in [1.82, 2.24) is 4.90 Å². The predicted octanol–water partition coefficient (Wildman–Crippen LogP) is 5.99. The lowest BCUT2D eigenvalue weighted by molar-refractivity contribution is 0.224. The van der Waals surface area contributed by atoms with Crippen molar-refractivity contribution >= 4 is 0 Å². The van der Waals surface area contributed by atoms with E-state index in [4.69, 9.17) is 0 Å². The van der Waals surface area contributed by atoms with Crippen LogP contribution in [0.15, 0.2) is 0 Å². The van der Waals surface area contributed by atoms with Crippen molar-refractivity contribution in [2.45, 2.75) is 96.3 Å². The summed E-state index contributed by atoms with van der Waals surface area (Å²) in [7, 11) is 0. The van der Waals surface area contributed by atoms with Crippen LogP contribution in [0.4, 0.5) is 0 Å². The van der Waals surface area contributed by atoms with E-state index in [-0.39, 0.29) is 0 Å². The van der Waals surface area contributed by atoms with Crippen molar-refractivity contribution in [2.75, 3.05) is 19.6 Å². The van der Waals surface area contributed by atoms with Crippen LogP contribution in [0, 0.1) is 6.92 Å². The highest BCUT2D eigenvalue weighted by Crippen LogP contribution is 2.13. The molecule has 0 bridgehead atoms. The summed E-state index contributed by atoms with van der Waals surface area (Å²) in [6.07, 6.45) is 21.3. The van der Waals surface area contributed by atoms with Crippen LogP contribution in [0.2, 0.25) is 0 Å². The molecule has 1 heteroatoms. The van der Waals surface area contributed by atoms with Crippen molar-refractivity contribution in [1.29, 1.82) is 0 Å². The minimum atomic E-state index is 1.12. The molecule has 0 aliphatic carbocycles. The van der Waals surface area contributed by atoms with Gasteiger partial charge in [-0.3, -0.25) is 0 Å². The third-order valence-electron chi connectivity index (χ3n) is 4.67. The van der Waals surface area contributed by atoms with Crippen molar-refractivity contribution in [2.24, 2.45) is 0 Å². The summed E-state index contributed by atoms with van der Waals surface area (Å²) in [5.41, 5.74) is 0. The van der Waals surface area contributed by atoms with Gasteiger partial charge in [-0.25, -0.2) is 0 Å². The summed E-state index contributed by atoms with van der Waals surface area (Å²) in [4.78, 5) is 2.68. The summed E-state index contributed by atoms with van der Waals surface area (Å²) in [5, 5.41) is 0. The third-order valence-corrected chi connectivity index (χ3v) is 4.67. The van der Waals surface area contributed by atoms with Crippen LogP contribution >= 0.6 is 0 Å². The van der Waals surface area contributed by atoms with Crippen LogP contribution in [-0.2, 0) is 0 Å². The fourth-order valence-electron chi connectivity index (χ4n) is 3.29. The second-order valence-electron chi connectivity index (χ2n) is 6.64. The van der Waals surface area contributed by atoms with Gasteiger partial charge in [-0.05, 0) is 38.9 Å². The Bertz CT molecular complexity index is 184. The van der Waals surface area contributed by atoms with E-state index < -0.39 is 0 Å². The molecule has 1 aliphatic rings. The number of nitrogens with zero attached hydrogens (tertiary/aromatic N) is 1. The van der Waals surface area contributed by atoms with Crippen molar-refractivity contribution in [3.8, 4) is 0 Å². The highest BCUT2D eigenvalue weighted by atomic mass is 15.1. The van der Waals surface area contributed by atoms with E-state index in [1.807, 2.05) is 0 Å². The lowest BCUT2D eigenvalue weighted by atomic mass is 10.0. The monoisotopic (exact) mass is 280 g/mol. The molecule has 119 valence electrons. The quantitative estimate of drug-likeness (QED) is 0.375. The number of hydrogen-bond acceptors (Lipinski definition) is 1. The summed E-state index contributed by atoms with van der Waals surface area (Å²) in [5.74, 6) is 0. The molecule has 0 aromatic carbocycles. The Morgan fingerprint density at radius 2 is 1.00 bits per heavy atom. The summed E-state index contributed by atoms with van der Waals surface area (Å²) >= 11 is 0. The Morgan fingerprint density at radius 3 is 1.50 bits per heavy atom. The molecule has 20 heavy (non-hydrogen) atoms. The van der Waals surface area contributed by atoms with Gasteiger partial charge < -0.3 is 4.90 Å². The lowest BCUT2D eigenvalue weighted by Gasteiger charge is -2.26. The predicted molar refractivity (Wildman–Crippen MR) is 91.1 cm³/mol. The van der Waals surface area contributed by atoms with Crippen molar-refractivity contribution < 1.29 is 0 Å². The topological polar surface area (TPSA) is 3.24 Å². The fourth-order valence-corrected chi connectivity index (χ4v) is 3.29. The molecule has 1 radical (unpaired) electrons. The molecule has 1 nitrogen and oxygen atoms in total. The molecule has 0 atom stereocenters. The molecule has 0 aromatic rings. The largest absolute Gasteiger partial charge is 0.303 e. The van der Waals surface area contributed by atoms with Gasteiger partial charge in [-0.15, -0.1) is 0 Å². The van der Waals surface area contributed by atoms with Gasteiger partial charge in [0, 0.05) is 0 Å². The standard InChI is InChI=1S/C19H38N/c1-2-3-4-5-6-7-8-9-10-11-12-14-17-20-18-15-13-16-19-20/h1-19H2. The zero-order chi connectivity index (χ0) is 14.3. The number of unbranched alkanes of at least 4 members (excludes halogenated alkanes) is 11. The van der Waals surface area contributed by atoms with Gasteiger partial charge in [0.15, 0.2) is 0 Å². The molecule has 1 heterocycles. The highest BCUT2D eigenvalue weighted by molar-refractivity contribution is 4.64. The SMILES string of the molecule is [CH2]CCCCCCCCCCCCCN1CCCCC1. The molecule has 0 spiro atoms. The summed E-state index contributed by atoms with van der Waals surface area (Å²) in [6.45, 7) is 8.00. The molecule has 0 unspecified atom stereocenters. The maximum Gasteiger partial charge on any atom is -0.00187 e. The first-order chi connectivity index (χ1) is 9.93. The van der Waals surface area contributed by atoms with Crippen LogP contribution < -0.4 is 0 Å². The second kappa shape index (κ2) is 13.9. The smallest absolute Gasteiger partial charge is 0.00187 e. The molecule has 0 aromatic heterocycles. The Labute approximate surface area is 128 Å². The molecule has 0 N–H and O–H groups in total. The Hall–Kier alpha value is -0.0400. The molecule has 1 fully saturated rings. The number of piperidine rings is 1. The fraction of sp³-hybridized carbons (Fsp3) is 0.947. The minimum absolute atomic E-state index is 1.12. The third kappa shape index (κ3) is 10.7. The van der Waals surface area contributed by atoms with E-state index in [1.165, 1.54) is 110 Å². The highest BCUT2D eigenvalue weighted by Gasteiger charge is 2.08. The van der Waals surface area contributed by atoms with E-state index in [9.17, 15) is 0 Å². The normalized spacial score (nSPS) is 16.6. The Balaban J connectivity index is 1.70. The molecule has 0 amide bonds. The van der Waals surface area contributed by atoms with Gasteiger partial charge >= 0.3 is 0 Å². The summed E-state index contributed by atoms with van der Waals surface area (Å²) in [6, 6.07) is 0. The second-order valence-corrected chi connectivity index (χ2v) is 6.64. The van der Waals surface area contributed by atoms with Crippen LogP contribution in [-0.4, -0.2) is 24.5 Å². The van der Waals surface area contributed by atoms with E-state index in [2.05, 4.69) is 11.8 Å². The van der Waals surface area contributed by atoms with Crippen LogP contribution in [0.25, 0.3) is 0 Å². The van der Waals surface area contributed by atoms with Gasteiger partial charge in [0.2, 0.25) is 0 Å². The number of rotatable bonds is 13. The van der Waals surface area contributed by atoms with Crippen LogP contribution in [0.5, 0.6) is 0 Å². The van der Waals surface area contributed by atoms with E-state index in [0.717, 1.165) is 6.42 Å². The molecular weight excluding hydrogens is 242 g/mol. The average molecular weight is 281 g/mol. The maximum atomic E-state index is 3.90. The van der Waals surface area contributed by atoms with Gasteiger partial charge in [-0.1, -0.05) is 84.0 Å². The van der Waals surface area contributed by atoms with E-state index in [0.29, 0.717) is 0 Å². The first-order valence-electron chi connectivity index (χ1n) is 9.45. The van der Waals surface area contributed by atoms with Crippen molar-refractivity contribution in [3.05, 3.63) is 6.92 Å². The first kappa shape index (κ1) is 18.0. The van der Waals surface area contributed by atoms with Crippen LogP contribution in [0.1, 0.15) is 96.3 Å². The molecule has 1 saturated heterocycles. The molecule has 1 aliphatic heterocycles. The molecular formula is C19H38N. The molecule has 1 rings (SSSR count). The Kier molecular flexibility index (Phi) is 12.5. The first-order valence-corrected chi connectivity index (χ1v) is 9.45. The summed E-state index contributed by atoms with van der Waals surface area (Å²) < 4.78 is 0. The van der Waals surface area contributed by atoms with Crippen LogP contribution in [0.3, 0.4) is 0 Å². The van der Waals surface area contributed by atoms with Gasteiger partial charge in [0.25, 0.3) is 0 Å². The molecule has 0 saturated carbocycles. The maximum absolute atomic E-state index is 3.90. The van der Waals surface area contributed by atoms with Crippen molar-refractivity contribution in [3.63, 3.8) is 0 Å². The average Bonchev–Trinajstić information content (AvgIpc) is 2.49. The zero-order valence-corrected chi connectivity index (χ0v) is 13.9. The number of likely N-dealkylation sites (tertiary alicyclic amines) is 1. The Morgan fingerprint density at radius 1 is 0.550 bits per heavy atom. The van der Waals surface area contributed by atoms with E-state index in [1.54, 1.807) is 0 Å². The van der Waals surface area contributed by atoms with Gasteiger partial charge in [0.1, 0.15) is 0 Å². The minimum Gasteiger partial charge on any atom is -0.303 e. The number of hydrogen-bond donors (Lipinski definition) is 0.